The van der Waals surface area contributed by atoms with Gasteiger partial charge in [0.2, 0.25) is 0 Å². The number of anilines is 1. The zero-order valence-corrected chi connectivity index (χ0v) is 16.8. The number of amides is 1. The maximum atomic E-state index is 12.6. The number of hydrogen-bond acceptors (Lipinski definition) is 4. The molecule has 8 heteroatoms. The lowest BCUT2D eigenvalue weighted by Gasteiger charge is -2.16. The van der Waals surface area contributed by atoms with Crippen LogP contribution >= 0.6 is 0 Å². The van der Waals surface area contributed by atoms with Crippen LogP contribution in [0.3, 0.4) is 0 Å². The highest BCUT2D eigenvalue weighted by atomic mass is 19.3. The van der Waals surface area contributed by atoms with E-state index < -0.39 is 25.1 Å². The molecule has 1 amide bonds. The van der Waals surface area contributed by atoms with E-state index in [0.717, 1.165) is 28.3 Å². The first-order chi connectivity index (χ1) is 15.4. The second-order valence-corrected chi connectivity index (χ2v) is 7.17. The first-order valence-corrected chi connectivity index (χ1v) is 9.84. The smallest absolute Gasteiger partial charge is 0.411 e. The number of nitrogens with one attached hydrogen (secondary N) is 1. The molecule has 0 heterocycles. The Morgan fingerprint density at radius 2 is 1.59 bits per heavy atom. The van der Waals surface area contributed by atoms with E-state index in [-0.39, 0.29) is 29.5 Å². The number of fused-ring (bicyclic) bond motifs is 3. The van der Waals surface area contributed by atoms with Crippen molar-refractivity contribution >= 4 is 17.7 Å². The Morgan fingerprint density at radius 1 is 0.969 bits per heavy atom. The van der Waals surface area contributed by atoms with Gasteiger partial charge in [-0.3, -0.25) is 5.32 Å². The van der Waals surface area contributed by atoms with Gasteiger partial charge in [-0.1, -0.05) is 48.5 Å². The first kappa shape index (κ1) is 21.3. The van der Waals surface area contributed by atoms with Gasteiger partial charge in [0, 0.05) is 5.92 Å². The Balaban J connectivity index is 1.48. The fourth-order valence-corrected chi connectivity index (χ4v) is 3.78. The summed E-state index contributed by atoms with van der Waals surface area (Å²) in [5, 5.41) is 11.6. The Hall–Kier alpha value is -3.94. The second kappa shape index (κ2) is 9.05. The number of ether oxygens (including phenoxy) is 2. The van der Waals surface area contributed by atoms with E-state index in [1.165, 1.54) is 12.1 Å². The SMILES string of the molecule is O=C(Nc1ccc(C(=O)O)cc1OCC(F)F)OCC1c2ccccc2-c2ccccc21. The van der Waals surface area contributed by atoms with Crippen LogP contribution in [0.1, 0.15) is 27.4 Å². The second-order valence-electron chi connectivity index (χ2n) is 7.17. The minimum Gasteiger partial charge on any atom is -0.485 e. The van der Waals surface area contributed by atoms with Crippen LogP contribution in [0, 0.1) is 0 Å². The summed E-state index contributed by atoms with van der Waals surface area (Å²) in [5.74, 6) is -1.57. The number of alkyl halides is 2. The van der Waals surface area contributed by atoms with Crippen molar-refractivity contribution in [1.29, 1.82) is 0 Å². The van der Waals surface area contributed by atoms with Crippen LogP contribution in [0.5, 0.6) is 5.75 Å². The number of carbonyl (C=O) groups excluding carboxylic acids is 1. The molecule has 1 aliphatic carbocycles. The number of aromatic carboxylic acids is 1. The van der Waals surface area contributed by atoms with E-state index in [4.69, 9.17) is 14.6 Å². The summed E-state index contributed by atoms with van der Waals surface area (Å²) < 4.78 is 35.5. The number of carbonyl (C=O) groups is 2. The van der Waals surface area contributed by atoms with Crippen molar-refractivity contribution in [2.75, 3.05) is 18.5 Å². The van der Waals surface area contributed by atoms with E-state index >= 15 is 0 Å². The summed E-state index contributed by atoms with van der Waals surface area (Å²) in [7, 11) is 0. The maximum Gasteiger partial charge on any atom is 0.411 e. The Kier molecular flexibility index (Phi) is 6.02. The third-order valence-corrected chi connectivity index (χ3v) is 5.17. The van der Waals surface area contributed by atoms with Crippen LogP contribution < -0.4 is 10.1 Å². The third kappa shape index (κ3) is 4.39. The molecule has 1 aliphatic rings. The van der Waals surface area contributed by atoms with E-state index in [0.29, 0.717) is 0 Å². The van der Waals surface area contributed by atoms with Crippen LogP contribution in [-0.2, 0) is 4.74 Å². The van der Waals surface area contributed by atoms with Gasteiger partial charge in [-0.25, -0.2) is 18.4 Å². The van der Waals surface area contributed by atoms with Gasteiger partial charge in [0.1, 0.15) is 19.0 Å². The lowest BCUT2D eigenvalue weighted by atomic mass is 9.98. The molecule has 2 N–H and O–H groups in total. The molecule has 0 radical (unpaired) electrons. The molecular weight excluding hydrogens is 420 g/mol. The molecule has 0 unspecified atom stereocenters. The molecule has 32 heavy (non-hydrogen) atoms. The molecule has 0 aromatic heterocycles. The molecule has 0 bridgehead atoms. The molecular formula is C24H19F2NO5. The zero-order chi connectivity index (χ0) is 22.7. The van der Waals surface area contributed by atoms with Crippen LogP contribution in [0.4, 0.5) is 19.3 Å². The van der Waals surface area contributed by atoms with Gasteiger partial charge in [0.25, 0.3) is 6.43 Å². The highest BCUT2D eigenvalue weighted by Gasteiger charge is 2.29. The van der Waals surface area contributed by atoms with Crippen molar-refractivity contribution in [1.82, 2.24) is 0 Å². The molecule has 0 aliphatic heterocycles. The largest absolute Gasteiger partial charge is 0.485 e. The predicted octanol–water partition coefficient (Wildman–Crippen LogP) is 5.39. The van der Waals surface area contributed by atoms with E-state index in [1.54, 1.807) is 0 Å². The molecule has 6 nitrogen and oxygen atoms in total. The van der Waals surface area contributed by atoms with Crippen molar-refractivity contribution in [3.05, 3.63) is 83.4 Å². The molecule has 0 saturated heterocycles. The van der Waals surface area contributed by atoms with Gasteiger partial charge >= 0.3 is 12.1 Å². The summed E-state index contributed by atoms with van der Waals surface area (Å²) in [6, 6.07) is 19.3. The van der Waals surface area contributed by atoms with Crippen LogP contribution in [0.25, 0.3) is 11.1 Å². The van der Waals surface area contributed by atoms with E-state index in [2.05, 4.69) is 5.32 Å². The standard InChI is InChI=1S/C24H19F2NO5/c25-22(26)13-31-21-11-14(23(28)29)9-10-20(21)27-24(30)32-12-19-17-7-3-1-5-15(17)16-6-2-4-8-18(16)19/h1-11,19,22H,12-13H2,(H,27,30)(H,28,29). The van der Waals surface area contributed by atoms with Gasteiger partial charge in [0.05, 0.1) is 11.3 Å². The van der Waals surface area contributed by atoms with Crippen molar-refractivity contribution in [3.63, 3.8) is 0 Å². The van der Waals surface area contributed by atoms with Gasteiger partial charge < -0.3 is 14.6 Å². The number of hydrogen-bond donors (Lipinski definition) is 2. The molecule has 4 rings (SSSR count). The van der Waals surface area contributed by atoms with Crippen LogP contribution in [0.2, 0.25) is 0 Å². The number of halogens is 2. The fraction of sp³-hybridized carbons (Fsp3) is 0.167. The lowest BCUT2D eigenvalue weighted by molar-refractivity contribution is 0.0695. The third-order valence-electron chi connectivity index (χ3n) is 5.17. The number of carboxylic acids is 1. The minimum atomic E-state index is -2.76. The average molecular weight is 439 g/mol. The normalized spacial score (nSPS) is 12.2. The van der Waals surface area contributed by atoms with Crippen molar-refractivity contribution in [2.24, 2.45) is 0 Å². The molecule has 0 spiro atoms. The van der Waals surface area contributed by atoms with E-state index in [1.807, 2.05) is 48.5 Å². The van der Waals surface area contributed by atoms with Gasteiger partial charge in [-0.2, -0.15) is 0 Å². The van der Waals surface area contributed by atoms with Crippen molar-refractivity contribution in [3.8, 4) is 16.9 Å². The van der Waals surface area contributed by atoms with Gasteiger partial charge in [-0.05, 0) is 40.5 Å². The molecule has 3 aromatic carbocycles. The average Bonchev–Trinajstić information content (AvgIpc) is 3.10. The summed E-state index contributed by atoms with van der Waals surface area (Å²) in [6.45, 7) is -0.872. The summed E-state index contributed by atoms with van der Waals surface area (Å²) in [6.07, 6.45) is -3.57. The summed E-state index contributed by atoms with van der Waals surface area (Å²) in [5.41, 5.74) is 4.15. The molecule has 164 valence electrons. The number of rotatable bonds is 7. The van der Waals surface area contributed by atoms with Crippen LogP contribution in [-0.4, -0.2) is 36.8 Å². The molecule has 3 aromatic rings. The number of carboxylic acid groups (broad SMARTS) is 1. The monoisotopic (exact) mass is 439 g/mol. The Morgan fingerprint density at radius 3 is 2.19 bits per heavy atom. The van der Waals surface area contributed by atoms with E-state index in [9.17, 15) is 18.4 Å². The maximum absolute atomic E-state index is 12.6. The first-order valence-electron chi connectivity index (χ1n) is 9.84. The highest BCUT2D eigenvalue weighted by molar-refractivity contribution is 5.92. The van der Waals surface area contributed by atoms with Crippen molar-refractivity contribution in [2.45, 2.75) is 12.3 Å². The topological polar surface area (TPSA) is 84.9 Å². The predicted molar refractivity (Wildman–Crippen MR) is 114 cm³/mol. The number of benzene rings is 3. The highest BCUT2D eigenvalue weighted by Crippen LogP contribution is 2.44. The molecule has 0 fully saturated rings. The van der Waals surface area contributed by atoms with Gasteiger partial charge in [-0.15, -0.1) is 0 Å². The zero-order valence-electron chi connectivity index (χ0n) is 16.8. The van der Waals surface area contributed by atoms with Crippen LogP contribution in [0.15, 0.2) is 66.7 Å². The van der Waals surface area contributed by atoms with Gasteiger partial charge in [0.15, 0.2) is 0 Å². The quantitative estimate of drug-likeness (QED) is 0.516. The fourth-order valence-electron chi connectivity index (χ4n) is 3.78. The molecule has 0 atom stereocenters. The summed E-state index contributed by atoms with van der Waals surface area (Å²) >= 11 is 0. The Labute approximate surface area is 182 Å². The van der Waals surface area contributed by atoms with Crippen molar-refractivity contribution < 1.29 is 33.0 Å². The summed E-state index contributed by atoms with van der Waals surface area (Å²) in [4.78, 5) is 23.6. The molecule has 0 saturated carbocycles. The lowest BCUT2D eigenvalue weighted by Crippen LogP contribution is -2.19. The Bertz CT molecular complexity index is 1120. The minimum absolute atomic E-state index is 0.0351.